The third kappa shape index (κ3) is 1.82. The van der Waals surface area contributed by atoms with Crippen LogP contribution in [0.5, 0.6) is 5.75 Å². The van der Waals surface area contributed by atoms with E-state index in [0.29, 0.717) is 0 Å². The molecule has 0 saturated carbocycles. The van der Waals surface area contributed by atoms with Gasteiger partial charge in [-0.15, -0.1) is 0 Å². The highest BCUT2D eigenvalue weighted by molar-refractivity contribution is 5.99. The summed E-state index contributed by atoms with van der Waals surface area (Å²) in [6.07, 6.45) is 0. The van der Waals surface area contributed by atoms with Gasteiger partial charge in [-0.25, -0.2) is 9.18 Å². The standard InChI is InChI=1S/C11H10FNO4/c1-5-6(11(15)16-2)3-7-10(9(5)12)17-4-8(14)13-7/h3H,4H2,1-2H3,(H,13,14). The Balaban J connectivity index is 2.58. The van der Waals surface area contributed by atoms with Crippen LogP contribution in [-0.2, 0) is 9.53 Å². The van der Waals surface area contributed by atoms with Crippen LogP contribution in [0.25, 0.3) is 0 Å². The molecule has 0 atom stereocenters. The first kappa shape index (κ1) is 11.4. The number of anilines is 1. The van der Waals surface area contributed by atoms with Crippen molar-refractivity contribution in [3.8, 4) is 5.75 Å². The molecule has 0 fully saturated rings. The predicted molar refractivity (Wildman–Crippen MR) is 56.6 cm³/mol. The summed E-state index contributed by atoms with van der Waals surface area (Å²) in [7, 11) is 1.20. The van der Waals surface area contributed by atoms with Gasteiger partial charge in [0.15, 0.2) is 18.2 Å². The van der Waals surface area contributed by atoms with E-state index in [1.54, 1.807) is 0 Å². The van der Waals surface area contributed by atoms with Gasteiger partial charge >= 0.3 is 5.97 Å². The van der Waals surface area contributed by atoms with Crippen molar-refractivity contribution in [1.29, 1.82) is 0 Å². The Labute approximate surface area is 96.5 Å². The highest BCUT2D eigenvalue weighted by atomic mass is 19.1. The van der Waals surface area contributed by atoms with E-state index in [9.17, 15) is 14.0 Å². The molecule has 1 amide bonds. The molecule has 1 heterocycles. The van der Waals surface area contributed by atoms with Crippen LogP contribution in [0.15, 0.2) is 6.07 Å². The van der Waals surface area contributed by atoms with Crippen molar-refractivity contribution in [2.24, 2.45) is 0 Å². The van der Waals surface area contributed by atoms with Crippen LogP contribution < -0.4 is 10.1 Å². The van der Waals surface area contributed by atoms with E-state index in [-0.39, 0.29) is 29.2 Å². The maximum absolute atomic E-state index is 13.9. The highest BCUT2D eigenvalue weighted by Gasteiger charge is 2.25. The topological polar surface area (TPSA) is 64.6 Å². The Morgan fingerprint density at radius 1 is 1.59 bits per heavy atom. The summed E-state index contributed by atoms with van der Waals surface area (Å²) in [6.45, 7) is 1.21. The summed E-state index contributed by atoms with van der Waals surface area (Å²) >= 11 is 0. The van der Waals surface area contributed by atoms with E-state index in [1.165, 1.54) is 20.1 Å². The summed E-state index contributed by atoms with van der Waals surface area (Å²) in [6, 6.07) is 1.34. The number of rotatable bonds is 1. The average molecular weight is 239 g/mol. The van der Waals surface area contributed by atoms with Gasteiger partial charge in [0.25, 0.3) is 5.91 Å². The minimum Gasteiger partial charge on any atom is -0.478 e. The second kappa shape index (κ2) is 4.04. The van der Waals surface area contributed by atoms with Crippen molar-refractivity contribution in [2.45, 2.75) is 6.92 Å². The molecule has 6 heteroatoms. The molecule has 0 unspecified atom stereocenters. The second-order valence-corrected chi connectivity index (χ2v) is 3.57. The first-order chi connectivity index (χ1) is 8.04. The van der Waals surface area contributed by atoms with Gasteiger partial charge in [-0.05, 0) is 13.0 Å². The Bertz CT molecular complexity index is 513. The van der Waals surface area contributed by atoms with Crippen molar-refractivity contribution in [1.82, 2.24) is 0 Å². The number of hydrogen-bond donors (Lipinski definition) is 1. The van der Waals surface area contributed by atoms with Crippen molar-refractivity contribution in [2.75, 3.05) is 19.0 Å². The van der Waals surface area contributed by atoms with E-state index in [1.807, 2.05) is 0 Å². The van der Waals surface area contributed by atoms with Gasteiger partial charge in [-0.1, -0.05) is 0 Å². The first-order valence-corrected chi connectivity index (χ1v) is 4.88. The fourth-order valence-electron chi connectivity index (χ4n) is 1.60. The largest absolute Gasteiger partial charge is 0.478 e. The molecule has 1 aliphatic heterocycles. The summed E-state index contributed by atoms with van der Waals surface area (Å²) in [5.74, 6) is -1.77. The van der Waals surface area contributed by atoms with Crippen molar-refractivity contribution in [3.63, 3.8) is 0 Å². The van der Waals surface area contributed by atoms with Crippen LogP contribution in [0, 0.1) is 12.7 Å². The molecule has 0 radical (unpaired) electrons. The molecular weight excluding hydrogens is 229 g/mol. The molecule has 1 aromatic rings. The van der Waals surface area contributed by atoms with Gasteiger partial charge in [-0.2, -0.15) is 0 Å². The molecule has 0 saturated heterocycles. The lowest BCUT2D eigenvalue weighted by Crippen LogP contribution is -2.26. The fraction of sp³-hybridized carbons (Fsp3) is 0.273. The normalized spacial score (nSPS) is 13.5. The van der Waals surface area contributed by atoms with Crippen LogP contribution >= 0.6 is 0 Å². The van der Waals surface area contributed by atoms with Crippen LogP contribution in [0.2, 0.25) is 0 Å². The smallest absolute Gasteiger partial charge is 0.338 e. The Kier molecular flexibility index (Phi) is 2.71. The monoisotopic (exact) mass is 239 g/mol. The number of nitrogens with one attached hydrogen (secondary N) is 1. The van der Waals surface area contributed by atoms with E-state index >= 15 is 0 Å². The zero-order valence-electron chi connectivity index (χ0n) is 9.30. The quantitative estimate of drug-likeness (QED) is 0.749. The van der Waals surface area contributed by atoms with E-state index in [4.69, 9.17) is 4.74 Å². The Morgan fingerprint density at radius 2 is 2.29 bits per heavy atom. The van der Waals surface area contributed by atoms with E-state index < -0.39 is 17.7 Å². The molecule has 90 valence electrons. The van der Waals surface area contributed by atoms with Gasteiger partial charge in [0.05, 0.1) is 18.4 Å². The van der Waals surface area contributed by atoms with Crippen LogP contribution in [-0.4, -0.2) is 25.6 Å². The van der Waals surface area contributed by atoms with Crippen molar-refractivity contribution >= 4 is 17.6 Å². The van der Waals surface area contributed by atoms with Gasteiger partial charge in [0, 0.05) is 5.56 Å². The van der Waals surface area contributed by atoms with Gasteiger partial charge < -0.3 is 14.8 Å². The minimum atomic E-state index is -0.664. The number of amides is 1. The zero-order valence-corrected chi connectivity index (χ0v) is 9.30. The predicted octanol–water partition coefficient (Wildman–Crippen LogP) is 1.25. The maximum atomic E-state index is 13.9. The number of benzene rings is 1. The molecule has 0 aromatic heterocycles. The van der Waals surface area contributed by atoms with Crippen LogP contribution in [0.1, 0.15) is 15.9 Å². The number of carbonyl (C=O) groups is 2. The molecule has 1 aromatic carbocycles. The summed E-state index contributed by atoms with van der Waals surface area (Å²) < 4.78 is 23.4. The first-order valence-electron chi connectivity index (χ1n) is 4.88. The number of hydrogen-bond acceptors (Lipinski definition) is 4. The van der Waals surface area contributed by atoms with E-state index in [0.717, 1.165) is 0 Å². The second-order valence-electron chi connectivity index (χ2n) is 3.57. The summed E-state index contributed by atoms with van der Waals surface area (Å²) in [4.78, 5) is 22.5. The fourth-order valence-corrected chi connectivity index (χ4v) is 1.60. The molecule has 2 rings (SSSR count). The lowest BCUT2D eigenvalue weighted by Gasteiger charge is -2.20. The van der Waals surface area contributed by atoms with Gasteiger partial charge in [0.2, 0.25) is 0 Å². The molecule has 5 nitrogen and oxygen atoms in total. The molecule has 1 N–H and O–H groups in total. The van der Waals surface area contributed by atoms with Crippen LogP contribution in [0.4, 0.5) is 10.1 Å². The molecule has 1 aliphatic rings. The number of carbonyl (C=O) groups excluding carboxylic acids is 2. The van der Waals surface area contributed by atoms with Gasteiger partial charge in [0.1, 0.15) is 0 Å². The summed E-state index contributed by atoms with van der Waals surface area (Å²) in [5, 5.41) is 2.44. The van der Waals surface area contributed by atoms with Crippen molar-refractivity contribution < 1.29 is 23.5 Å². The molecule has 17 heavy (non-hydrogen) atoms. The van der Waals surface area contributed by atoms with Gasteiger partial charge in [-0.3, -0.25) is 4.79 Å². The lowest BCUT2D eigenvalue weighted by atomic mass is 10.1. The number of fused-ring (bicyclic) bond motifs is 1. The average Bonchev–Trinajstić information content (AvgIpc) is 2.32. The minimum absolute atomic E-state index is 0.0465. The number of methoxy groups -OCH3 is 1. The Morgan fingerprint density at radius 3 is 2.94 bits per heavy atom. The molecule has 0 bridgehead atoms. The number of esters is 1. The zero-order chi connectivity index (χ0) is 12.6. The number of ether oxygens (including phenoxy) is 2. The highest BCUT2D eigenvalue weighted by Crippen LogP contribution is 2.34. The molecule has 0 aliphatic carbocycles. The SMILES string of the molecule is COC(=O)c1cc2c(c(F)c1C)OCC(=O)N2. The van der Waals surface area contributed by atoms with Crippen LogP contribution in [0.3, 0.4) is 0 Å². The lowest BCUT2D eigenvalue weighted by molar-refractivity contribution is -0.118. The maximum Gasteiger partial charge on any atom is 0.338 e. The molecular formula is C11H10FNO4. The van der Waals surface area contributed by atoms with Crippen molar-refractivity contribution in [3.05, 3.63) is 23.0 Å². The number of halogens is 1. The Hall–Kier alpha value is -2.11. The summed E-state index contributed by atoms with van der Waals surface area (Å²) in [5.41, 5.74) is 0.339. The molecule has 0 spiro atoms. The third-order valence-corrected chi connectivity index (χ3v) is 2.49. The van der Waals surface area contributed by atoms with E-state index in [2.05, 4.69) is 10.1 Å². The third-order valence-electron chi connectivity index (χ3n) is 2.49.